The summed E-state index contributed by atoms with van der Waals surface area (Å²) in [5.41, 5.74) is 0.574. The van der Waals surface area contributed by atoms with Crippen molar-refractivity contribution in [2.75, 3.05) is 7.11 Å². The molecule has 0 saturated carbocycles. The molecule has 0 N–H and O–H groups in total. The van der Waals surface area contributed by atoms with E-state index in [1.165, 1.54) is 30.3 Å². The van der Waals surface area contributed by atoms with Crippen LogP contribution in [0.5, 0.6) is 5.75 Å². The molecule has 0 atom stereocenters. The van der Waals surface area contributed by atoms with Crippen LogP contribution in [-0.2, 0) is 9.84 Å². The van der Waals surface area contributed by atoms with Crippen LogP contribution in [0.3, 0.4) is 0 Å². The number of methoxy groups -OCH3 is 1. The van der Waals surface area contributed by atoms with Crippen molar-refractivity contribution in [3.63, 3.8) is 0 Å². The molecule has 108 valence electrons. The Bertz CT molecular complexity index is 703. The Balaban J connectivity index is 2.57. The van der Waals surface area contributed by atoms with Gasteiger partial charge in [-0.3, -0.25) is 0 Å². The molecule has 2 aromatic rings. The lowest BCUT2D eigenvalue weighted by Crippen LogP contribution is -2.28. The second kappa shape index (κ2) is 4.86. The molecule has 1 heterocycles. The van der Waals surface area contributed by atoms with E-state index in [1.807, 2.05) is 0 Å². The van der Waals surface area contributed by atoms with Crippen molar-refractivity contribution in [3.05, 3.63) is 24.5 Å². The summed E-state index contributed by atoms with van der Waals surface area (Å²) in [6.07, 6.45) is 1.41. The molecular weight excluding hydrogens is 280 g/mol. The van der Waals surface area contributed by atoms with Crippen molar-refractivity contribution >= 4 is 9.84 Å². The summed E-state index contributed by atoms with van der Waals surface area (Å²) < 4.78 is 30.6. The molecule has 2 rings (SSSR count). The van der Waals surface area contributed by atoms with Crippen LogP contribution in [0.1, 0.15) is 20.8 Å². The lowest BCUT2D eigenvalue weighted by Gasteiger charge is -2.20. The van der Waals surface area contributed by atoms with E-state index < -0.39 is 14.6 Å². The van der Waals surface area contributed by atoms with E-state index in [9.17, 15) is 8.42 Å². The second-order valence-corrected chi connectivity index (χ2v) is 7.91. The standard InChI is InChI=1S/C12H16N4O3S/c1-12(2,3)20(17,18)9-5-6-10(11(7-9)19-4)16-8-13-14-15-16/h5-8H,1-4H3. The van der Waals surface area contributed by atoms with Gasteiger partial charge in [-0.2, -0.15) is 4.68 Å². The van der Waals surface area contributed by atoms with Gasteiger partial charge in [0.05, 0.1) is 16.8 Å². The molecule has 1 aromatic carbocycles. The number of hydrogen-bond donors (Lipinski definition) is 0. The van der Waals surface area contributed by atoms with Gasteiger partial charge in [-0.25, -0.2) is 8.42 Å². The maximum absolute atomic E-state index is 12.4. The minimum absolute atomic E-state index is 0.207. The highest BCUT2D eigenvalue weighted by Gasteiger charge is 2.31. The molecule has 0 fully saturated rings. The zero-order valence-corrected chi connectivity index (χ0v) is 12.5. The van der Waals surface area contributed by atoms with E-state index >= 15 is 0 Å². The number of hydrogen-bond acceptors (Lipinski definition) is 6. The average Bonchev–Trinajstić information content (AvgIpc) is 2.90. The molecule has 1 aromatic heterocycles. The first-order valence-corrected chi connectivity index (χ1v) is 7.42. The fourth-order valence-electron chi connectivity index (χ4n) is 1.64. The Morgan fingerprint density at radius 2 is 1.95 bits per heavy atom. The van der Waals surface area contributed by atoms with E-state index in [0.29, 0.717) is 11.4 Å². The normalized spacial score (nSPS) is 12.4. The van der Waals surface area contributed by atoms with Crippen molar-refractivity contribution in [1.82, 2.24) is 20.2 Å². The van der Waals surface area contributed by atoms with Crippen LogP contribution in [0.4, 0.5) is 0 Å². The number of benzene rings is 1. The number of ether oxygens (including phenoxy) is 1. The van der Waals surface area contributed by atoms with Gasteiger partial charge in [0.15, 0.2) is 9.84 Å². The van der Waals surface area contributed by atoms with E-state index in [-0.39, 0.29) is 4.90 Å². The van der Waals surface area contributed by atoms with Gasteiger partial charge in [-0.1, -0.05) is 0 Å². The molecule has 0 aliphatic rings. The van der Waals surface area contributed by atoms with Gasteiger partial charge < -0.3 is 4.74 Å². The van der Waals surface area contributed by atoms with E-state index in [1.54, 1.807) is 26.8 Å². The predicted molar refractivity (Wildman–Crippen MR) is 72.6 cm³/mol. The summed E-state index contributed by atoms with van der Waals surface area (Å²) in [6, 6.07) is 4.63. The Morgan fingerprint density at radius 1 is 1.25 bits per heavy atom. The third kappa shape index (κ3) is 2.38. The molecule has 0 aliphatic carbocycles. The minimum atomic E-state index is -3.44. The first-order valence-electron chi connectivity index (χ1n) is 5.93. The van der Waals surface area contributed by atoms with Crippen LogP contribution < -0.4 is 4.74 Å². The van der Waals surface area contributed by atoms with Crippen LogP contribution in [-0.4, -0.2) is 40.5 Å². The van der Waals surface area contributed by atoms with Crippen molar-refractivity contribution in [2.45, 2.75) is 30.4 Å². The Labute approximate surface area is 117 Å². The lowest BCUT2D eigenvalue weighted by atomic mass is 10.2. The van der Waals surface area contributed by atoms with Gasteiger partial charge in [-0.05, 0) is 43.3 Å². The van der Waals surface area contributed by atoms with Crippen molar-refractivity contribution in [2.24, 2.45) is 0 Å². The predicted octanol–water partition coefficient (Wildman–Crippen LogP) is 1.24. The monoisotopic (exact) mass is 296 g/mol. The van der Waals surface area contributed by atoms with Crippen LogP contribution in [0, 0.1) is 0 Å². The largest absolute Gasteiger partial charge is 0.494 e. The highest BCUT2D eigenvalue weighted by molar-refractivity contribution is 7.92. The lowest BCUT2D eigenvalue weighted by molar-refractivity contribution is 0.410. The first kappa shape index (κ1) is 14.4. The highest BCUT2D eigenvalue weighted by atomic mass is 32.2. The van der Waals surface area contributed by atoms with Gasteiger partial charge in [0, 0.05) is 6.07 Å². The van der Waals surface area contributed by atoms with Gasteiger partial charge in [-0.15, -0.1) is 5.10 Å². The third-order valence-electron chi connectivity index (χ3n) is 2.86. The zero-order chi connectivity index (χ0) is 15.0. The molecule has 8 heteroatoms. The fraction of sp³-hybridized carbons (Fsp3) is 0.417. The third-order valence-corrected chi connectivity index (χ3v) is 5.35. The van der Waals surface area contributed by atoms with Gasteiger partial charge in [0.25, 0.3) is 0 Å². The first-order chi connectivity index (χ1) is 9.27. The summed E-state index contributed by atoms with van der Waals surface area (Å²) in [7, 11) is -1.97. The van der Waals surface area contributed by atoms with Crippen LogP contribution in [0.15, 0.2) is 29.4 Å². The Kier molecular flexibility index (Phi) is 3.51. The van der Waals surface area contributed by atoms with Gasteiger partial charge in [0.1, 0.15) is 17.8 Å². The number of nitrogens with zero attached hydrogens (tertiary/aromatic N) is 4. The average molecular weight is 296 g/mol. The maximum atomic E-state index is 12.4. The molecule has 0 spiro atoms. The summed E-state index contributed by atoms with van der Waals surface area (Å²) in [5.74, 6) is 0.391. The summed E-state index contributed by atoms with van der Waals surface area (Å²) in [5, 5.41) is 10.8. The Morgan fingerprint density at radius 3 is 2.45 bits per heavy atom. The molecular formula is C12H16N4O3S. The topological polar surface area (TPSA) is 87.0 Å². The van der Waals surface area contributed by atoms with E-state index in [4.69, 9.17) is 4.74 Å². The molecule has 0 bridgehead atoms. The maximum Gasteiger partial charge on any atom is 0.183 e. The number of rotatable bonds is 3. The number of sulfone groups is 1. The van der Waals surface area contributed by atoms with Crippen molar-refractivity contribution in [1.29, 1.82) is 0 Å². The summed E-state index contributed by atoms with van der Waals surface area (Å²) >= 11 is 0. The van der Waals surface area contributed by atoms with Crippen LogP contribution in [0.2, 0.25) is 0 Å². The highest BCUT2D eigenvalue weighted by Crippen LogP contribution is 2.30. The van der Waals surface area contributed by atoms with Gasteiger partial charge >= 0.3 is 0 Å². The molecule has 20 heavy (non-hydrogen) atoms. The molecule has 7 nitrogen and oxygen atoms in total. The van der Waals surface area contributed by atoms with Crippen molar-refractivity contribution < 1.29 is 13.2 Å². The smallest absolute Gasteiger partial charge is 0.183 e. The number of aromatic nitrogens is 4. The zero-order valence-electron chi connectivity index (χ0n) is 11.7. The van der Waals surface area contributed by atoms with E-state index in [0.717, 1.165) is 0 Å². The van der Waals surface area contributed by atoms with Crippen molar-refractivity contribution in [3.8, 4) is 11.4 Å². The molecule has 0 amide bonds. The number of tetrazole rings is 1. The fourth-order valence-corrected chi connectivity index (χ4v) is 2.86. The quantitative estimate of drug-likeness (QED) is 0.847. The Hall–Kier alpha value is -1.96. The molecule has 0 saturated heterocycles. The van der Waals surface area contributed by atoms with Gasteiger partial charge in [0.2, 0.25) is 0 Å². The SMILES string of the molecule is COc1cc(S(=O)(=O)C(C)(C)C)ccc1-n1cnnn1. The van der Waals surface area contributed by atoms with Crippen LogP contribution >= 0.6 is 0 Å². The molecule has 0 radical (unpaired) electrons. The second-order valence-electron chi connectivity index (χ2n) is 5.20. The minimum Gasteiger partial charge on any atom is -0.494 e. The van der Waals surface area contributed by atoms with Crippen LogP contribution in [0.25, 0.3) is 5.69 Å². The summed E-state index contributed by atoms with van der Waals surface area (Å²) in [6.45, 7) is 4.97. The van der Waals surface area contributed by atoms with E-state index in [2.05, 4.69) is 15.5 Å². The summed E-state index contributed by atoms with van der Waals surface area (Å²) in [4.78, 5) is 0.207. The molecule has 0 aliphatic heterocycles. The molecule has 0 unspecified atom stereocenters.